The molecule has 1 atom stereocenters. The number of rotatable bonds is 3. The predicted molar refractivity (Wildman–Crippen MR) is 52.8 cm³/mol. The molecule has 0 radical (unpaired) electrons. The van der Waals surface area contributed by atoms with E-state index in [0.717, 1.165) is 13.0 Å². The normalized spacial score (nSPS) is 28.1. The highest BCUT2D eigenvalue weighted by Gasteiger charge is 2.29. The van der Waals surface area contributed by atoms with Crippen LogP contribution in [0.3, 0.4) is 0 Å². The Hall–Kier alpha value is -0.570. The van der Waals surface area contributed by atoms with E-state index in [-0.39, 0.29) is 0 Å². The molecule has 3 nitrogen and oxygen atoms in total. The molecular formula is C10H18N2O. The van der Waals surface area contributed by atoms with E-state index in [0.29, 0.717) is 5.92 Å². The molecule has 13 heavy (non-hydrogen) atoms. The summed E-state index contributed by atoms with van der Waals surface area (Å²) in [4.78, 5) is 7.65. The van der Waals surface area contributed by atoms with Crippen LogP contribution in [-0.2, 0) is 4.84 Å². The number of likely N-dealkylation sites (tertiary alicyclic amines) is 1. The molecule has 3 heteroatoms. The number of nitrogens with zero attached hydrogens (tertiary/aromatic N) is 2. The van der Waals surface area contributed by atoms with Crippen LogP contribution in [0.15, 0.2) is 5.16 Å². The van der Waals surface area contributed by atoms with Crippen molar-refractivity contribution >= 4 is 5.71 Å². The van der Waals surface area contributed by atoms with Crippen LogP contribution in [0.2, 0.25) is 0 Å². The van der Waals surface area contributed by atoms with Gasteiger partial charge in [0.15, 0.2) is 0 Å². The smallest absolute Gasteiger partial charge is 0.126 e. The quantitative estimate of drug-likeness (QED) is 0.660. The molecule has 0 saturated carbocycles. The molecule has 0 unspecified atom stereocenters. The third-order valence-corrected chi connectivity index (χ3v) is 2.92. The van der Waals surface area contributed by atoms with Gasteiger partial charge in [0.05, 0.1) is 11.6 Å². The fraction of sp³-hybridized carbons (Fsp3) is 0.900. The Labute approximate surface area is 79.7 Å². The molecular weight excluding hydrogens is 164 g/mol. The van der Waals surface area contributed by atoms with Gasteiger partial charge < -0.3 is 9.74 Å². The van der Waals surface area contributed by atoms with E-state index in [1.54, 1.807) is 0 Å². The summed E-state index contributed by atoms with van der Waals surface area (Å²) in [7, 11) is 0. The standard InChI is InChI=1S/C10H18N2O/c1-2-3-5-12-6-4-10-9(7-12)8-13-11-10/h9H,2-8H2,1H3/t9-/m0/s1. The van der Waals surface area contributed by atoms with Crippen molar-refractivity contribution < 1.29 is 4.84 Å². The second-order valence-electron chi connectivity index (χ2n) is 3.98. The van der Waals surface area contributed by atoms with Crippen molar-refractivity contribution in [3.05, 3.63) is 0 Å². The summed E-state index contributed by atoms with van der Waals surface area (Å²) < 4.78 is 0. The highest BCUT2D eigenvalue weighted by atomic mass is 16.6. The van der Waals surface area contributed by atoms with E-state index < -0.39 is 0 Å². The molecule has 0 spiro atoms. The van der Waals surface area contributed by atoms with Crippen LogP contribution < -0.4 is 0 Å². The maximum Gasteiger partial charge on any atom is 0.126 e. The van der Waals surface area contributed by atoms with E-state index in [1.807, 2.05) is 0 Å². The van der Waals surface area contributed by atoms with Crippen molar-refractivity contribution in [2.24, 2.45) is 11.1 Å². The molecule has 1 fully saturated rings. The molecule has 0 aliphatic carbocycles. The zero-order chi connectivity index (χ0) is 9.10. The maximum absolute atomic E-state index is 5.11. The third kappa shape index (κ3) is 2.02. The average Bonchev–Trinajstić information content (AvgIpc) is 2.61. The minimum atomic E-state index is 0.602. The second kappa shape index (κ2) is 4.09. The van der Waals surface area contributed by atoms with Gasteiger partial charge in [-0.25, -0.2) is 0 Å². The van der Waals surface area contributed by atoms with Crippen LogP contribution in [0.25, 0.3) is 0 Å². The first-order chi connectivity index (χ1) is 6.40. The number of hydrogen-bond acceptors (Lipinski definition) is 3. The van der Waals surface area contributed by atoms with E-state index in [9.17, 15) is 0 Å². The van der Waals surface area contributed by atoms with Crippen molar-refractivity contribution in [3.63, 3.8) is 0 Å². The number of fused-ring (bicyclic) bond motifs is 1. The maximum atomic E-state index is 5.11. The second-order valence-corrected chi connectivity index (χ2v) is 3.98. The lowest BCUT2D eigenvalue weighted by atomic mass is 9.97. The van der Waals surface area contributed by atoms with Gasteiger partial charge in [-0.15, -0.1) is 0 Å². The highest BCUT2D eigenvalue weighted by Crippen LogP contribution is 2.19. The van der Waals surface area contributed by atoms with Gasteiger partial charge in [0, 0.05) is 19.5 Å². The SMILES string of the molecule is CCCCN1CCC2=NOC[C@@H]2C1. The number of unbranched alkanes of at least 4 members (excludes halogenated alkanes) is 1. The Morgan fingerprint density at radius 1 is 1.62 bits per heavy atom. The summed E-state index contributed by atoms with van der Waals surface area (Å²) in [5.74, 6) is 0.602. The molecule has 2 aliphatic rings. The summed E-state index contributed by atoms with van der Waals surface area (Å²) in [6, 6.07) is 0. The summed E-state index contributed by atoms with van der Waals surface area (Å²) in [5.41, 5.74) is 1.30. The molecule has 0 amide bonds. The molecule has 0 aromatic carbocycles. The third-order valence-electron chi connectivity index (χ3n) is 2.92. The average molecular weight is 182 g/mol. The van der Waals surface area contributed by atoms with E-state index >= 15 is 0 Å². The minimum absolute atomic E-state index is 0.602. The molecule has 0 aromatic heterocycles. The van der Waals surface area contributed by atoms with Crippen LogP contribution in [0, 0.1) is 5.92 Å². The Morgan fingerprint density at radius 3 is 3.38 bits per heavy atom. The Kier molecular flexibility index (Phi) is 2.83. The molecule has 0 N–H and O–H groups in total. The molecule has 2 rings (SSSR count). The Balaban J connectivity index is 1.81. The van der Waals surface area contributed by atoms with Gasteiger partial charge in [-0.05, 0) is 13.0 Å². The Bertz CT molecular complexity index is 203. The first kappa shape index (κ1) is 9.00. The lowest BCUT2D eigenvalue weighted by molar-refractivity contribution is 0.137. The van der Waals surface area contributed by atoms with Gasteiger partial charge in [-0.3, -0.25) is 0 Å². The molecule has 74 valence electrons. The van der Waals surface area contributed by atoms with Gasteiger partial charge in [0.2, 0.25) is 0 Å². The lowest BCUT2D eigenvalue weighted by Gasteiger charge is -2.29. The van der Waals surface area contributed by atoms with Gasteiger partial charge in [-0.1, -0.05) is 18.5 Å². The fourth-order valence-corrected chi connectivity index (χ4v) is 2.05. The Morgan fingerprint density at radius 2 is 2.54 bits per heavy atom. The molecule has 2 heterocycles. The van der Waals surface area contributed by atoms with Crippen LogP contribution in [0.5, 0.6) is 0 Å². The first-order valence-electron chi connectivity index (χ1n) is 5.31. The number of piperidine rings is 1. The summed E-state index contributed by atoms with van der Waals surface area (Å²) in [5, 5.41) is 4.06. The van der Waals surface area contributed by atoms with Gasteiger partial charge in [0.25, 0.3) is 0 Å². The van der Waals surface area contributed by atoms with Crippen LogP contribution >= 0.6 is 0 Å². The van der Waals surface area contributed by atoms with Crippen molar-refractivity contribution in [2.75, 3.05) is 26.2 Å². The van der Waals surface area contributed by atoms with Crippen molar-refractivity contribution in [1.82, 2.24) is 4.90 Å². The summed E-state index contributed by atoms with van der Waals surface area (Å²) in [6.07, 6.45) is 3.73. The first-order valence-corrected chi connectivity index (χ1v) is 5.31. The molecule has 0 aromatic rings. The number of oxime groups is 1. The zero-order valence-electron chi connectivity index (χ0n) is 8.33. The monoisotopic (exact) mass is 182 g/mol. The summed E-state index contributed by atoms with van der Waals surface area (Å²) in [6.45, 7) is 6.66. The fourth-order valence-electron chi connectivity index (χ4n) is 2.05. The van der Waals surface area contributed by atoms with Crippen LogP contribution in [-0.4, -0.2) is 36.9 Å². The van der Waals surface area contributed by atoms with Gasteiger partial charge in [0.1, 0.15) is 6.61 Å². The van der Waals surface area contributed by atoms with Crippen molar-refractivity contribution in [3.8, 4) is 0 Å². The lowest BCUT2D eigenvalue weighted by Crippen LogP contribution is -2.40. The van der Waals surface area contributed by atoms with Crippen LogP contribution in [0.4, 0.5) is 0 Å². The van der Waals surface area contributed by atoms with Crippen LogP contribution in [0.1, 0.15) is 26.2 Å². The number of hydrogen-bond donors (Lipinski definition) is 0. The van der Waals surface area contributed by atoms with Gasteiger partial charge >= 0.3 is 0 Å². The molecule has 1 saturated heterocycles. The zero-order valence-corrected chi connectivity index (χ0v) is 8.33. The topological polar surface area (TPSA) is 24.8 Å². The van der Waals surface area contributed by atoms with E-state index in [1.165, 1.54) is 38.2 Å². The van der Waals surface area contributed by atoms with Gasteiger partial charge in [-0.2, -0.15) is 0 Å². The molecule has 0 bridgehead atoms. The van der Waals surface area contributed by atoms with Crippen molar-refractivity contribution in [1.29, 1.82) is 0 Å². The van der Waals surface area contributed by atoms with E-state index in [4.69, 9.17) is 4.84 Å². The summed E-state index contributed by atoms with van der Waals surface area (Å²) >= 11 is 0. The minimum Gasteiger partial charge on any atom is -0.395 e. The predicted octanol–water partition coefficient (Wildman–Crippen LogP) is 1.49. The highest BCUT2D eigenvalue weighted by molar-refractivity contribution is 5.88. The molecule has 2 aliphatic heterocycles. The van der Waals surface area contributed by atoms with E-state index in [2.05, 4.69) is 17.0 Å². The largest absolute Gasteiger partial charge is 0.395 e. The van der Waals surface area contributed by atoms with Crippen molar-refractivity contribution in [2.45, 2.75) is 26.2 Å².